The van der Waals surface area contributed by atoms with Gasteiger partial charge in [0, 0.05) is 25.2 Å². The molecular weight excluding hydrogens is 418 g/mol. The lowest BCUT2D eigenvalue weighted by Crippen LogP contribution is -2.36. The SMILES string of the molecule is CN(CC1CCC(OCCCCOS(C)(=O)=O)CC1)C(=O)Oc1ccc(Cl)cc1. The van der Waals surface area contributed by atoms with Crippen LogP contribution in [0.2, 0.25) is 5.02 Å². The maximum atomic E-state index is 12.2. The molecule has 1 amide bonds. The summed E-state index contributed by atoms with van der Waals surface area (Å²) in [5.41, 5.74) is 0. The van der Waals surface area contributed by atoms with Crippen LogP contribution < -0.4 is 4.74 Å². The van der Waals surface area contributed by atoms with Crippen molar-refractivity contribution >= 4 is 27.8 Å². The molecule has 1 saturated carbocycles. The Labute approximate surface area is 178 Å². The first-order chi connectivity index (χ1) is 13.7. The highest BCUT2D eigenvalue weighted by molar-refractivity contribution is 7.85. The summed E-state index contributed by atoms with van der Waals surface area (Å²) in [6.07, 6.45) is 6.26. The number of ether oxygens (including phenoxy) is 2. The molecule has 0 aromatic heterocycles. The summed E-state index contributed by atoms with van der Waals surface area (Å²) in [6.45, 7) is 1.46. The van der Waals surface area contributed by atoms with E-state index in [2.05, 4.69) is 0 Å². The Morgan fingerprint density at radius 1 is 1.10 bits per heavy atom. The van der Waals surface area contributed by atoms with Crippen LogP contribution in [0, 0.1) is 5.92 Å². The van der Waals surface area contributed by atoms with Crippen molar-refractivity contribution < 1.29 is 26.9 Å². The summed E-state index contributed by atoms with van der Waals surface area (Å²) in [5.74, 6) is 0.908. The highest BCUT2D eigenvalue weighted by Gasteiger charge is 2.24. The van der Waals surface area contributed by atoms with Gasteiger partial charge in [0.05, 0.1) is 19.0 Å². The van der Waals surface area contributed by atoms with Gasteiger partial charge in [-0.05, 0) is 68.7 Å². The summed E-state index contributed by atoms with van der Waals surface area (Å²) in [6, 6.07) is 6.71. The fraction of sp³-hybridized carbons (Fsp3) is 0.650. The van der Waals surface area contributed by atoms with Crippen LogP contribution in [-0.4, -0.2) is 58.6 Å². The quantitative estimate of drug-likeness (QED) is 0.396. The van der Waals surface area contributed by atoms with E-state index in [1.54, 1.807) is 36.2 Å². The highest BCUT2D eigenvalue weighted by Crippen LogP contribution is 2.27. The molecule has 0 unspecified atom stereocenters. The molecule has 1 aliphatic rings. The van der Waals surface area contributed by atoms with E-state index in [9.17, 15) is 13.2 Å². The van der Waals surface area contributed by atoms with Gasteiger partial charge in [0.2, 0.25) is 0 Å². The molecule has 7 nitrogen and oxygen atoms in total. The van der Waals surface area contributed by atoms with Crippen LogP contribution in [-0.2, 0) is 19.0 Å². The second-order valence-electron chi connectivity index (χ2n) is 7.45. The van der Waals surface area contributed by atoms with Crippen LogP contribution in [0.4, 0.5) is 4.79 Å². The van der Waals surface area contributed by atoms with Crippen LogP contribution in [0.25, 0.3) is 0 Å². The number of carbonyl (C=O) groups excluding carboxylic acids is 1. The summed E-state index contributed by atoms with van der Waals surface area (Å²) in [5, 5.41) is 0.597. The van der Waals surface area contributed by atoms with Gasteiger partial charge in [-0.15, -0.1) is 0 Å². The van der Waals surface area contributed by atoms with E-state index < -0.39 is 10.1 Å². The van der Waals surface area contributed by atoms with Crippen LogP contribution in [0.5, 0.6) is 5.75 Å². The summed E-state index contributed by atoms with van der Waals surface area (Å²) >= 11 is 5.83. The number of hydrogen-bond acceptors (Lipinski definition) is 6. The Morgan fingerprint density at radius 2 is 1.72 bits per heavy atom. The smallest absolute Gasteiger partial charge is 0.410 e. The number of unbranched alkanes of at least 4 members (excludes halogenated alkanes) is 1. The normalized spacial score (nSPS) is 19.7. The molecule has 0 aliphatic heterocycles. The number of carbonyl (C=O) groups is 1. The van der Waals surface area contributed by atoms with E-state index >= 15 is 0 Å². The van der Waals surface area contributed by atoms with Gasteiger partial charge in [-0.25, -0.2) is 4.79 Å². The van der Waals surface area contributed by atoms with Crippen molar-refractivity contribution in [2.45, 2.75) is 44.6 Å². The Morgan fingerprint density at radius 3 is 2.34 bits per heavy atom. The third kappa shape index (κ3) is 9.80. The molecular formula is C20H30ClNO6S. The average molecular weight is 448 g/mol. The van der Waals surface area contributed by atoms with Gasteiger partial charge in [0.25, 0.3) is 10.1 Å². The molecule has 0 bridgehead atoms. The van der Waals surface area contributed by atoms with Gasteiger partial charge in [0.1, 0.15) is 5.75 Å². The van der Waals surface area contributed by atoms with E-state index in [0.29, 0.717) is 36.3 Å². The lowest BCUT2D eigenvalue weighted by Gasteiger charge is -2.31. The second-order valence-corrected chi connectivity index (χ2v) is 9.53. The number of halogens is 1. The first-order valence-corrected chi connectivity index (χ1v) is 12.1. The molecule has 29 heavy (non-hydrogen) atoms. The molecule has 1 aliphatic carbocycles. The number of benzene rings is 1. The first-order valence-electron chi connectivity index (χ1n) is 9.87. The minimum absolute atomic E-state index is 0.202. The molecule has 0 heterocycles. The van der Waals surface area contributed by atoms with Gasteiger partial charge in [-0.1, -0.05) is 11.6 Å². The molecule has 0 saturated heterocycles. The predicted octanol–water partition coefficient (Wildman–Crippen LogP) is 4.10. The van der Waals surface area contributed by atoms with Gasteiger partial charge in [0.15, 0.2) is 0 Å². The summed E-state index contributed by atoms with van der Waals surface area (Å²) in [7, 11) is -1.61. The van der Waals surface area contributed by atoms with E-state index in [4.69, 9.17) is 25.3 Å². The largest absolute Gasteiger partial charge is 0.414 e. The van der Waals surface area contributed by atoms with Crippen molar-refractivity contribution in [2.24, 2.45) is 5.92 Å². The maximum Gasteiger partial charge on any atom is 0.414 e. The Balaban J connectivity index is 1.58. The maximum absolute atomic E-state index is 12.2. The number of amides is 1. The van der Waals surface area contributed by atoms with E-state index in [-0.39, 0.29) is 18.8 Å². The molecule has 1 aromatic rings. The van der Waals surface area contributed by atoms with E-state index in [0.717, 1.165) is 38.4 Å². The lowest BCUT2D eigenvalue weighted by molar-refractivity contribution is 0.0127. The molecule has 0 atom stereocenters. The van der Waals surface area contributed by atoms with Gasteiger partial charge >= 0.3 is 6.09 Å². The van der Waals surface area contributed by atoms with Crippen LogP contribution in [0.3, 0.4) is 0 Å². The highest BCUT2D eigenvalue weighted by atomic mass is 35.5. The van der Waals surface area contributed by atoms with Crippen molar-refractivity contribution in [3.05, 3.63) is 29.3 Å². The topological polar surface area (TPSA) is 82.1 Å². The van der Waals surface area contributed by atoms with Crippen LogP contribution in [0.15, 0.2) is 24.3 Å². The zero-order valence-electron chi connectivity index (χ0n) is 17.0. The number of nitrogens with zero attached hydrogens (tertiary/aromatic N) is 1. The summed E-state index contributed by atoms with van der Waals surface area (Å²) in [4.78, 5) is 13.8. The molecule has 2 rings (SSSR count). The Hall–Kier alpha value is -1.35. The van der Waals surface area contributed by atoms with Crippen molar-refractivity contribution in [1.82, 2.24) is 4.90 Å². The lowest BCUT2D eigenvalue weighted by atomic mass is 9.87. The zero-order chi connectivity index (χ0) is 21.3. The van der Waals surface area contributed by atoms with E-state index in [1.807, 2.05) is 0 Å². The number of rotatable bonds is 10. The Kier molecular flexibility index (Phi) is 9.68. The minimum atomic E-state index is -3.36. The molecule has 1 fully saturated rings. The molecule has 1 aromatic carbocycles. The molecule has 0 N–H and O–H groups in total. The average Bonchev–Trinajstić information content (AvgIpc) is 2.66. The molecule has 164 valence electrons. The van der Waals surface area contributed by atoms with Crippen molar-refractivity contribution in [3.63, 3.8) is 0 Å². The van der Waals surface area contributed by atoms with Crippen LogP contribution >= 0.6 is 11.6 Å². The molecule has 9 heteroatoms. The molecule has 0 radical (unpaired) electrons. The monoisotopic (exact) mass is 447 g/mol. The molecule has 0 spiro atoms. The number of hydrogen-bond donors (Lipinski definition) is 0. The van der Waals surface area contributed by atoms with Crippen molar-refractivity contribution in [3.8, 4) is 5.75 Å². The standard InChI is InChI=1S/C20H30ClNO6S/c1-22(20(23)28-19-11-7-17(21)8-12-19)15-16-5-9-18(10-6-16)26-13-3-4-14-27-29(2,24)25/h7-8,11-12,16,18H,3-6,9-10,13-15H2,1-2H3. The van der Waals surface area contributed by atoms with Gasteiger partial charge < -0.3 is 14.4 Å². The third-order valence-corrected chi connectivity index (χ3v) is 5.69. The fourth-order valence-corrected chi connectivity index (χ4v) is 3.84. The predicted molar refractivity (Wildman–Crippen MR) is 112 cm³/mol. The van der Waals surface area contributed by atoms with Gasteiger partial charge in [-0.2, -0.15) is 8.42 Å². The van der Waals surface area contributed by atoms with Crippen molar-refractivity contribution in [2.75, 3.05) is 33.1 Å². The Bertz CT molecular complexity index is 732. The van der Waals surface area contributed by atoms with Gasteiger partial charge in [-0.3, -0.25) is 4.18 Å². The van der Waals surface area contributed by atoms with Crippen LogP contribution in [0.1, 0.15) is 38.5 Å². The fourth-order valence-electron chi connectivity index (χ4n) is 3.29. The zero-order valence-corrected chi connectivity index (χ0v) is 18.6. The minimum Gasteiger partial charge on any atom is -0.410 e. The summed E-state index contributed by atoms with van der Waals surface area (Å²) < 4.78 is 37.7. The van der Waals surface area contributed by atoms with Crippen molar-refractivity contribution in [1.29, 1.82) is 0 Å². The van der Waals surface area contributed by atoms with E-state index in [1.165, 1.54) is 0 Å². The third-order valence-electron chi connectivity index (χ3n) is 4.85. The second kappa shape index (κ2) is 11.7. The first kappa shape index (κ1) is 23.9.